The smallest absolute Gasteiger partial charge is 0.306 e. The third kappa shape index (κ3) is 4.82. The van der Waals surface area contributed by atoms with Crippen LogP contribution in [0.2, 0.25) is 0 Å². The number of carbonyl (C=O) groups is 1. The summed E-state index contributed by atoms with van der Waals surface area (Å²) in [6, 6.07) is 1.73. The van der Waals surface area contributed by atoms with E-state index in [1.165, 1.54) is 0 Å². The quantitative estimate of drug-likeness (QED) is 0.790. The molecule has 0 spiro atoms. The Bertz CT molecular complexity index is 352. The number of ether oxygens (including phenoxy) is 1. The third-order valence-corrected chi connectivity index (χ3v) is 1.85. The number of nitrogen functional groups attached to an aromatic ring is 1. The van der Waals surface area contributed by atoms with Gasteiger partial charge in [0, 0.05) is 19.2 Å². The average molecular weight is 225 g/mol. The lowest BCUT2D eigenvalue weighted by Crippen LogP contribution is -2.23. The molecule has 16 heavy (non-hydrogen) atoms. The Kier molecular flexibility index (Phi) is 3.93. The SMILES string of the molecule is CC(C)(C)OC(=O)CCCn1ccc(N)n1. The monoisotopic (exact) mass is 225 g/mol. The van der Waals surface area contributed by atoms with Gasteiger partial charge < -0.3 is 10.5 Å². The van der Waals surface area contributed by atoms with Crippen molar-refractivity contribution in [1.29, 1.82) is 0 Å². The Morgan fingerprint density at radius 1 is 1.56 bits per heavy atom. The third-order valence-electron chi connectivity index (χ3n) is 1.85. The molecule has 0 saturated carbocycles. The van der Waals surface area contributed by atoms with Gasteiger partial charge in [0.15, 0.2) is 0 Å². The van der Waals surface area contributed by atoms with Crippen LogP contribution in [0.5, 0.6) is 0 Å². The molecule has 1 aromatic heterocycles. The molecular weight excluding hydrogens is 206 g/mol. The molecular formula is C11H19N3O2. The summed E-state index contributed by atoms with van der Waals surface area (Å²) in [5.41, 5.74) is 5.06. The number of nitrogens with two attached hydrogens (primary N) is 1. The Morgan fingerprint density at radius 2 is 2.25 bits per heavy atom. The molecule has 2 N–H and O–H groups in total. The Balaban J connectivity index is 2.23. The van der Waals surface area contributed by atoms with Crippen LogP contribution >= 0.6 is 0 Å². The number of anilines is 1. The van der Waals surface area contributed by atoms with E-state index in [2.05, 4.69) is 5.10 Å². The van der Waals surface area contributed by atoms with Crippen LogP contribution in [-0.4, -0.2) is 21.4 Å². The fraction of sp³-hybridized carbons (Fsp3) is 0.636. The molecule has 0 aliphatic carbocycles. The van der Waals surface area contributed by atoms with Gasteiger partial charge in [-0.3, -0.25) is 9.48 Å². The lowest BCUT2D eigenvalue weighted by molar-refractivity contribution is -0.154. The minimum atomic E-state index is -0.410. The zero-order valence-electron chi connectivity index (χ0n) is 10.1. The van der Waals surface area contributed by atoms with Crippen LogP contribution in [-0.2, 0) is 16.1 Å². The fourth-order valence-corrected chi connectivity index (χ4v) is 1.28. The van der Waals surface area contributed by atoms with Gasteiger partial charge >= 0.3 is 5.97 Å². The van der Waals surface area contributed by atoms with Crippen LogP contribution in [0.3, 0.4) is 0 Å². The molecule has 0 amide bonds. The minimum Gasteiger partial charge on any atom is -0.460 e. The second-order valence-electron chi connectivity index (χ2n) is 4.69. The first-order valence-corrected chi connectivity index (χ1v) is 5.37. The summed E-state index contributed by atoms with van der Waals surface area (Å²) in [5, 5.41) is 4.02. The zero-order chi connectivity index (χ0) is 12.2. The molecule has 1 aromatic rings. The van der Waals surface area contributed by atoms with Crippen LogP contribution in [0, 0.1) is 0 Å². The predicted molar refractivity (Wildman–Crippen MR) is 61.7 cm³/mol. The average Bonchev–Trinajstić information content (AvgIpc) is 2.48. The van der Waals surface area contributed by atoms with E-state index in [0.717, 1.165) is 0 Å². The number of aryl methyl sites for hydroxylation is 1. The summed E-state index contributed by atoms with van der Waals surface area (Å²) in [6.45, 7) is 6.26. The van der Waals surface area contributed by atoms with Crippen LogP contribution in [0.25, 0.3) is 0 Å². The first-order valence-electron chi connectivity index (χ1n) is 5.37. The highest BCUT2D eigenvalue weighted by molar-refractivity contribution is 5.69. The van der Waals surface area contributed by atoms with E-state index in [0.29, 0.717) is 25.2 Å². The number of hydrogen-bond donors (Lipinski definition) is 1. The van der Waals surface area contributed by atoms with Gasteiger partial charge in [0.25, 0.3) is 0 Å². The minimum absolute atomic E-state index is 0.173. The van der Waals surface area contributed by atoms with E-state index in [1.807, 2.05) is 20.8 Å². The van der Waals surface area contributed by atoms with Crippen LogP contribution in [0.15, 0.2) is 12.3 Å². The van der Waals surface area contributed by atoms with Gasteiger partial charge in [-0.2, -0.15) is 5.10 Å². The van der Waals surface area contributed by atoms with Crippen molar-refractivity contribution >= 4 is 11.8 Å². The molecule has 0 unspecified atom stereocenters. The number of carbonyl (C=O) groups excluding carboxylic acids is 1. The maximum absolute atomic E-state index is 11.4. The summed E-state index contributed by atoms with van der Waals surface area (Å²) in [5.74, 6) is 0.324. The number of esters is 1. The molecule has 0 saturated heterocycles. The van der Waals surface area contributed by atoms with E-state index in [4.69, 9.17) is 10.5 Å². The second kappa shape index (κ2) is 5.01. The summed E-state index contributed by atoms with van der Waals surface area (Å²) >= 11 is 0. The number of aromatic nitrogens is 2. The van der Waals surface area contributed by atoms with Gasteiger partial charge in [-0.1, -0.05) is 0 Å². The molecule has 0 bridgehead atoms. The summed E-state index contributed by atoms with van der Waals surface area (Å²) in [6.07, 6.45) is 2.90. The van der Waals surface area contributed by atoms with Crippen molar-refractivity contribution in [3.05, 3.63) is 12.3 Å². The van der Waals surface area contributed by atoms with Crippen LogP contribution in [0.4, 0.5) is 5.82 Å². The van der Waals surface area contributed by atoms with Gasteiger partial charge in [-0.25, -0.2) is 0 Å². The van der Waals surface area contributed by atoms with Crippen molar-refractivity contribution in [2.75, 3.05) is 5.73 Å². The summed E-state index contributed by atoms with van der Waals surface area (Å²) in [7, 11) is 0. The van der Waals surface area contributed by atoms with Crippen LogP contribution in [0.1, 0.15) is 33.6 Å². The molecule has 1 heterocycles. The number of rotatable bonds is 4. The second-order valence-corrected chi connectivity index (χ2v) is 4.69. The standard InChI is InChI=1S/C11H19N3O2/c1-11(2,3)16-10(15)5-4-7-14-8-6-9(12)13-14/h6,8H,4-5,7H2,1-3H3,(H2,12,13). The number of nitrogens with zero attached hydrogens (tertiary/aromatic N) is 2. The van der Waals surface area contributed by atoms with Gasteiger partial charge in [-0.05, 0) is 33.3 Å². The molecule has 1 rings (SSSR count). The van der Waals surface area contributed by atoms with Gasteiger partial charge in [0.05, 0.1) is 0 Å². The first kappa shape index (κ1) is 12.5. The Labute approximate surface area is 95.6 Å². The first-order chi connectivity index (χ1) is 7.37. The van der Waals surface area contributed by atoms with Crippen LogP contribution < -0.4 is 5.73 Å². The molecule has 0 aromatic carbocycles. The lowest BCUT2D eigenvalue weighted by atomic mass is 10.2. The maximum atomic E-state index is 11.4. The molecule has 0 aliphatic rings. The van der Waals surface area contributed by atoms with E-state index in [1.54, 1.807) is 16.9 Å². The van der Waals surface area contributed by atoms with E-state index in [9.17, 15) is 4.79 Å². The molecule has 0 aliphatic heterocycles. The number of hydrogen-bond acceptors (Lipinski definition) is 4. The largest absolute Gasteiger partial charge is 0.460 e. The van der Waals surface area contributed by atoms with Crippen molar-refractivity contribution in [2.24, 2.45) is 0 Å². The fourth-order valence-electron chi connectivity index (χ4n) is 1.28. The van der Waals surface area contributed by atoms with Gasteiger partial charge in [0.2, 0.25) is 0 Å². The normalized spacial score (nSPS) is 11.4. The van der Waals surface area contributed by atoms with Crippen molar-refractivity contribution in [3.63, 3.8) is 0 Å². The molecule has 90 valence electrons. The lowest BCUT2D eigenvalue weighted by Gasteiger charge is -2.19. The molecule has 5 heteroatoms. The van der Waals surface area contributed by atoms with Crippen molar-refractivity contribution in [2.45, 2.75) is 45.8 Å². The maximum Gasteiger partial charge on any atom is 0.306 e. The highest BCUT2D eigenvalue weighted by atomic mass is 16.6. The molecule has 0 fully saturated rings. The highest BCUT2D eigenvalue weighted by Crippen LogP contribution is 2.09. The van der Waals surface area contributed by atoms with Crippen molar-refractivity contribution in [3.8, 4) is 0 Å². The van der Waals surface area contributed by atoms with Crippen molar-refractivity contribution in [1.82, 2.24) is 9.78 Å². The summed E-state index contributed by atoms with van der Waals surface area (Å²) < 4.78 is 6.91. The Morgan fingerprint density at radius 3 is 2.75 bits per heavy atom. The van der Waals surface area contributed by atoms with Gasteiger partial charge in [0.1, 0.15) is 11.4 Å². The molecule has 0 atom stereocenters. The Hall–Kier alpha value is -1.52. The van der Waals surface area contributed by atoms with E-state index in [-0.39, 0.29) is 5.97 Å². The molecule has 5 nitrogen and oxygen atoms in total. The highest BCUT2D eigenvalue weighted by Gasteiger charge is 2.15. The summed E-state index contributed by atoms with van der Waals surface area (Å²) in [4.78, 5) is 11.4. The predicted octanol–water partition coefficient (Wildman–Crippen LogP) is 1.59. The van der Waals surface area contributed by atoms with E-state index < -0.39 is 5.60 Å². The van der Waals surface area contributed by atoms with Gasteiger partial charge in [-0.15, -0.1) is 0 Å². The van der Waals surface area contributed by atoms with E-state index >= 15 is 0 Å². The topological polar surface area (TPSA) is 70.1 Å². The molecule has 0 radical (unpaired) electrons. The zero-order valence-corrected chi connectivity index (χ0v) is 10.1. The van der Waals surface area contributed by atoms with Crippen molar-refractivity contribution < 1.29 is 9.53 Å².